The number of piperidine rings is 1. The summed E-state index contributed by atoms with van der Waals surface area (Å²) in [4.78, 5) is 12.7. The number of carbonyl (C=O) groups is 1. The minimum atomic E-state index is -1.24. The number of alkyl halides is 1. The normalized spacial score (nSPS) is 30.3. The zero-order valence-corrected chi connectivity index (χ0v) is 8.96. The highest BCUT2D eigenvalue weighted by Gasteiger charge is 2.37. The molecule has 0 aliphatic carbocycles. The molecule has 1 fully saturated rings. The number of halogens is 1. The molecule has 0 amide bonds. The largest absolute Gasteiger partial charge is 0.481 e. The third-order valence-corrected chi connectivity index (χ3v) is 2.81. The van der Waals surface area contributed by atoms with Crippen LogP contribution in [0.1, 0.15) is 27.2 Å². The van der Waals surface area contributed by atoms with E-state index >= 15 is 0 Å². The van der Waals surface area contributed by atoms with Crippen LogP contribution in [0.15, 0.2) is 0 Å². The lowest BCUT2D eigenvalue weighted by Gasteiger charge is -2.41. The number of rotatable bonds is 1. The molecule has 82 valence electrons. The number of carboxylic acid groups (broad SMARTS) is 1. The predicted octanol–water partition coefficient (Wildman–Crippen LogP) is 1.53. The standard InChI is InChI=1S/C10H18FNO2/c1-10(2,3)12-5-4-7(9(13)14)8(11)6-12/h7-8H,4-6H2,1-3H3,(H,13,14). The third-order valence-electron chi connectivity index (χ3n) is 2.81. The fourth-order valence-electron chi connectivity index (χ4n) is 1.79. The second-order valence-electron chi connectivity index (χ2n) is 4.87. The van der Waals surface area contributed by atoms with Crippen LogP contribution in [-0.4, -0.2) is 40.8 Å². The lowest BCUT2D eigenvalue weighted by Crippen LogP contribution is -2.52. The maximum Gasteiger partial charge on any atom is 0.309 e. The van der Waals surface area contributed by atoms with Crippen LogP contribution in [0.3, 0.4) is 0 Å². The summed E-state index contributed by atoms with van der Waals surface area (Å²) in [5.74, 6) is -1.82. The molecular weight excluding hydrogens is 185 g/mol. The lowest BCUT2D eigenvalue weighted by molar-refractivity contribution is -0.147. The summed E-state index contributed by atoms with van der Waals surface area (Å²) >= 11 is 0. The van der Waals surface area contributed by atoms with Gasteiger partial charge < -0.3 is 5.11 Å². The minimum absolute atomic E-state index is 0.0756. The molecule has 2 unspecified atom stereocenters. The summed E-state index contributed by atoms with van der Waals surface area (Å²) in [6.07, 6.45) is -0.825. The van der Waals surface area contributed by atoms with Gasteiger partial charge in [-0.2, -0.15) is 0 Å². The van der Waals surface area contributed by atoms with Crippen molar-refractivity contribution in [1.29, 1.82) is 0 Å². The summed E-state index contributed by atoms with van der Waals surface area (Å²) in [5, 5.41) is 8.74. The highest BCUT2D eigenvalue weighted by Crippen LogP contribution is 2.26. The molecule has 4 heteroatoms. The van der Waals surface area contributed by atoms with Crippen molar-refractivity contribution in [2.75, 3.05) is 13.1 Å². The van der Waals surface area contributed by atoms with Gasteiger partial charge in [-0.1, -0.05) is 0 Å². The van der Waals surface area contributed by atoms with E-state index in [9.17, 15) is 9.18 Å². The SMILES string of the molecule is CC(C)(C)N1CCC(C(=O)O)C(F)C1. The van der Waals surface area contributed by atoms with E-state index in [1.165, 1.54) is 0 Å². The van der Waals surface area contributed by atoms with Crippen molar-refractivity contribution in [3.05, 3.63) is 0 Å². The number of carboxylic acids is 1. The Kier molecular flexibility index (Phi) is 3.14. The first-order valence-electron chi connectivity index (χ1n) is 4.94. The van der Waals surface area contributed by atoms with E-state index in [-0.39, 0.29) is 12.1 Å². The van der Waals surface area contributed by atoms with Gasteiger partial charge in [0.15, 0.2) is 0 Å². The first kappa shape index (κ1) is 11.4. The van der Waals surface area contributed by atoms with E-state index < -0.39 is 18.1 Å². The van der Waals surface area contributed by atoms with Crippen LogP contribution >= 0.6 is 0 Å². The molecule has 3 nitrogen and oxygen atoms in total. The number of hydrogen-bond donors (Lipinski definition) is 1. The monoisotopic (exact) mass is 203 g/mol. The topological polar surface area (TPSA) is 40.5 Å². The number of aliphatic carboxylic acids is 1. The van der Waals surface area contributed by atoms with Gasteiger partial charge in [0.25, 0.3) is 0 Å². The molecule has 2 atom stereocenters. The third kappa shape index (κ3) is 2.44. The molecule has 1 aliphatic heterocycles. The van der Waals surface area contributed by atoms with E-state index in [1.807, 2.05) is 25.7 Å². The number of likely N-dealkylation sites (tertiary alicyclic amines) is 1. The van der Waals surface area contributed by atoms with E-state index in [1.54, 1.807) is 0 Å². The summed E-state index contributed by atoms with van der Waals surface area (Å²) < 4.78 is 13.5. The van der Waals surface area contributed by atoms with Crippen LogP contribution in [0.5, 0.6) is 0 Å². The van der Waals surface area contributed by atoms with Crippen molar-refractivity contribution < 1.29 is 14.3 Å². The second-order valence-corrected chi connectivity index (χ2v) is 4.87. The molecule has 0 bridgehead atoms. The summed E-state index contributed by atoms with van der Waals surface area (Å²) in [7, 11) is 0. The van der Waals surface area contributed by atoms with E-state index in [0.717, 1.165) is 0 Å². The van der Waals surface area contributed by atoms with Crippen molar-refractivity contribution in [3.63, 3.8) is 0 Å². The molecule has 1 heterocycles. The Balaban J connectivity index is 2.60. The second kappa shape index (κ2) is 3.85. The predicted molar refractivity (Wildman–Crippen MR) is 52.0 cm³/mol. The van der Waals surface area contributed by atoms with Crippen molar-refractivity contribution in [1.82, 2.24) is 4.90 Å². The summed E-state index contributed by atoms with van der Waals surface area (Å²) in [5.41, 5.74) is -0.0756. The number of nitrogens with zero attached hydrogens (tertiary/aromatic N) is 1. The van der Waals surface area contributed by atoms with Gasteiger partial charge in [0, 0.05) is 12.1 Å². The van der Waals surface area contributed by atoms with Gasteiger partial charge in [-0.3, -0.25) is 9.69 Å². The molecule has 1 rings (SSSR count). The first-order valence-corrected chi connectivity index (χ1v) is 4.94. The van der Waals surface area contributed by atoms with Crippen LogP contribution in [0, 0.1) is 5.92 Å². The Labute approximate surface area is 83.9 Å². The smallest absolute Gasteiger partial charge is 0.309 e. The van der Waals surface area contributed by atoms with Crippen LogP contribution in [0.4, 0.5) is 4.39 Å². The zero-order chi connectivity index (χ0) is 10.9. The maximum atomic E-state index is 13.5. The van der Waals surface area contributed by atoms with Crippen molar-refractivity contribution in [3.8, 4) is 0 Å². The Morgan fingerprint density at radius 1 is 1.50 bits per heavy atom. The Morgan fingerprint density at radius 2 is 2.07 bits per heavy atom. The highest BCUT2D eigenvalue weighted by atomic mass is 19.1. The van der Waals surface area contributed by atoms with Gasteiger partial charge in [-0.15, -0.1) is 0 Å². The molecule has 0 aromatic heterocycles. The van der Waals surface area contributed by atoms with E-state index in [4.69, 9.17) is 5.11 Å². The average molecular weight is 203 g/mol. The molecule has 1 saturated heterocycles. The fourth-order valence-corrected chi connectivity index (χ4v) is 1.79. The average Bonchev–Trinajstić information content (AvgIpc) is 2.01. The van der Waals surface area contributed by atoms with Crippen LogP contribution in [-0.2, 0) is 4.79 Å². The van der Waals surface area contributed by atoms with E-state index in [0.29, 0.717) is 13.0 Å². The Morgan fingerprint density at radius 3 is 2.43 bits per heavy atom. The van der Waals surface area contributed by atoms with Crippen LogP contribution < -0.4 is 0 Å². The molecule has 0 saturated carbocycles. The maximum absolute atomic E-state index is 13.5. The van der Waals surface area contributed by atoms with Crippen molar-refractivity contribution in [2.24, 2.45) is 5.92 Å². The van der Waals surface area contributed by atoms with Gasteiger partial charge in [-0.05, 0) is 33.7 Å². The van der Waals surface area contributed by atoms with Gasteiger partial charge in [0.1, 0.15) is 6.17 Å². The number of hydrogen-bond acceptors (Lipinski definition) is 2. The highest BCUT2D eigenvalue weighted by molar-refractivity contribution is 5.70. The lowest BCUT2D eigenvalue weighted by atomic mass is 9.92. The first-order chi connectivity index (χ1) is 6.32. The van der Waals surface area contributed by atoms with Gasteiger partial charge >= 0.3 is 5.97 Å². The zero-order valence-electron chi connectivity index (χ0n) is 8.96. The molecule has 0 spiro atoms. The molecule has 14 heavy (non-hydrogen) atoms. The fraction of sp³-hybridized carbons (Fsp3) is 0.900. The molecule has 1 aliphatic rings. The summed E-state index contributed by atoms with van der Waals surface area (Å²) in [6, 6.07) is 0. The Bertz CT molecular complexity index is 225. The molecule has 0 aromatic carbocycles. The van der Waals surface area contributed by atoms with Gasteiger partial charge in [0.05, 0.1) is 5.92 Å². The van der Waals surface area contributed by atoms with E-state index in [2.05, 4.69) is 0 Å². The molecular formula is C10H18FNO2. The van der Waals surface area contributed by atoms with Crippen molar-refractivity contribution in [2.45, 2.75) is 38.9 Å². The molecule has 0 radical (unpaired) electrons. The quantitative estimate of drug-likeness (QED) is 0.702. The summed E-state index contributed by atoms with van der Waals surface area (Å²) in [6.45, 7) is 6.95. The molecule has 1 N–H and O–H groups in total. The Hall–Kier alpha value is -0.640. The van der Waals surface area contributed by atoms with Crippen molar-refractivity contribution >= 4 is 5.97 Å². The molecule has 0 aromatic rings. The van der Waals surface area contributed by atoms with Crippen LogP contribution in [0.25, 0.3) is 0 Å². The minimum Gasteiger partial charge on any atom is -0.481 e. The van der Waals surface area contributed by atoms with Gasteiger partial charge in [0.2, 0.25) is 0 Å². The van der Waals surface area contributed by atoms with Crippen LogP contribution in [0.2, 0.25) is 0 Å². The van der Waals surface area contributed by atoms with Gasteiger partial charge in [-0.25, -0.2) is 4.39 Å².